The van der Waals surface area contributed by atoms with E-state index in [9.17, 15) is 9.59 Å². The fourth-order valence-electron chi connectivity index (χ4n) is 0.916. The van der Waals surface area contributed by atoms with E-state index in [-0.39, 0.29) is 6.42 Å². The molecular formula is C10H8BrN3O2. The van der Waals surface area contributed by atoms with Gasteiger partial charge in [0.05, 0.1) is 6.07 Å². The maximum Gasteiger partial charge on any atom is 0.269 e. The molecule has 0 aliphatic heterocycles. The smallest absolute Gasteiger partial charge is 0.269 e. The number of carbonyl (C=O) groups is 2. The molecule has 2 amide bonds. The number of benzene rings is 1. The number of halogens is 1. The summed E-state index contributed by atoms with van der Waals surface area (Å²) >= 11 is 3.24. The topological polar surface area (TPSA) is 82.0 Å². The van der Waals surface area contributed by atoms with Gasteiger partial charge in [-0.2, -0.15) is 5.26 Å². The number of carbonyl (C=O) groups excluding carboxylic acids is 2. The van der Waals surface area contributed by atoms with Crippen molar-refractivity contribution in [2.45, 2.75) is 6.42 Å². The summed E-state index contributed by atoms with van der Waals surface area (Å²) in [5.74, 6) is -0.980. The summed E-state index contributed by atoms with van der Waals surface area (Å²) in [6.45, 7) is 0. The van der Waals surface area contributed by atoms with Crippen LogP contribution in [0.5, 0.6) is 0 Å². The Hall–Kier alpha value is -1.87. The zero-order valence-electron chi connectivity index (χ0n) is 8.16. The molecular weight excluding hydrogens is 274 g/mol. The van der Waals surface area contributed by atoms with Crippen LogP contribution < -0.4 is 10.9 Å². The quantitative estimate of drug-likeness (QED) is 0.797. The zero-order chi connectivity index (χ0) is 12.0. The molecule has 6 heteroatoms. The first-order valence-electron chi connectivity index (χ1n) is 4.35. The van der Waals surface area contributed by atoms with Gasteiger partial charge in [0.25, 0.3) is 11.8 Å². The van der Waals surface area contributed by atoms with Crippen molar-refractivity contribution >= 4 is 27.7 Å². The van der Waals surface area contributed by atoms with Crippen LogP contribution >= 0.6 is 15.9 Å². The summed E-state index contributed by atoms with van der Waals surface area (Å²) in [5, 5.41) is 8.22. The first-order valence-corrected chi connectivity index (χ1v) is 5.14. The fourth-order valence-corrected chi connectivity index (χ4v) is 1.18. The van der Waals surface area contributed by atoms with Crippen LogP contribution in [-0.4, -0.2) is 11.8 Å². The van der Waals surface area contributed by atoms with Gasteiger partial charge in [-0.1, -0.05) is 15.9 Å². The van der Waals surface area contributed by atoms with Crippen LogP contribution in [0.2, 0.25) is 0 Å². The van der Waals surface area contributed by atoms with Crippen LogP contribution in [0.15, 0.2) is 28.7 Å². The van der Waals surface area contributed by atoms with Gasteiger partial charge in [0.15, 0.2) is 0 Å². The Bertz CT molecular complexity index is 436. The molecule has 0 saturated carbocycles. The molecule has 1 aromatic rings. The van der Waals surface area contributed by atoms with Gasteiger partial charge in [0.2, 0.25) is 0 Å². The molecule has 5 nitrogen and oxygen atoms in total. The number of nitrogens with one attached hydrogen (secondary N) is 2. The van der Waals surface area contributed by atoms with E-state index in [2.05, 4.69) is 26.8 Å². The Morgan fingerprint density at radius 3 is 2.44 bits per heavy atom. The summed E-state index contributed by atoms with van der Waals surface area (Å²) in [6.07, 6.45) is -0.291. The Morgan fingerprint density at radius 2 is 1.88 bits per heavy atom. The fraction of sp³-hybridized carbons (Fsp3) is 0.100. The lowest BCUT2D eigenvalue weighted by Crippen LogP contribution is -2.41. The maximum absolute atomic E-state index is 11.4. The highest BCUT2D eigenvalue weighted by Crippen LogP contribution is 2.09. The van der Waals surface area contributed by atoms with Crippen molar-refractivity contribution in [2.75, 3.05) is 0 Å². The summed E-state index contributed by atoms with van der Waals surface area (Å²) in [6, 6.07) is 8.31. The average Bonchev–Trinajstić information content (AvgIpc) is 2.27. The minimum absolute atomic E-state index is 0.291. The van der Waals surface area contributed by atoms with E-state index in [1.165, 1.54) is 0 Å². The zero-order valence-corrected chi connectivity index (χ0v) is 9.74. The second-order valence-corrected chi connectivity index (χ2v) is 3.76. The number of nitrogens with zero attached hydrogens (tertiary/aromatic N) is 1. The summed E-state index contributed by atoms with van der Waals surface area (Å²) in [4.78, 5) is 22.3. The molecule has 0 radical (unpaired) electrons. The van der Waals surface area contributed by atoms with Gasteiger partial charge >= 0.3 is 0 Å². The molecule has 0 bridgehead atoms. The molecule has 0 fully saturated rings. The predicted octanol–water partition coefficient (Wildman–Crippen LogP) is 1.12. The largest absolute Gasteiger partial charge is 0.272 e. The number of amides is 2. The SMILES string of the molecule is N#CCC(=O)NNC(=O)c1ccc(Br)cc1. The van der Waals surface area contributed by atoms with Gasteiger partial charge in [-0.15, -0.1) is 0 Å². The van der Waals surface area contributed by atoms with Gasteiger partial charge < -0.3 is 0 Å². The summed E-state index contributed by atoms with van der Waals surface area (Å²) in [5.41, 5.74) is 4.74. The molecule has 16 heavy (non-hydrogen) atoms. The van der Waals surface area contributed by atoms with Crippen molar-refractivity contribution in [1.29, 1.82) is 5.26 Å². The number of rotatable bonds is 2. The average molecular weight is 282 g/mol. The molecule has 0 atom stereocenters. The van der Waals surface area contributed by atoms with E-state index in [4.69, 9.17) is 5.26 Å². The Labute approximate surface area is 101 Å². The molecule has 0 heterocycles. The lowest BCUT2D eigenvalue weighted by molar-refractivity contribution is -0.120. The molecule has 1 aromatic carbocycles. The number of hydrogen-bond donors (Lipinski definition) is 2. The van der Waals surface area contributed by atoms with Gasteiger partial charge in [-0.3, -0.25) is 20.4 Å². The van der Waals surface area contributed by atoms with E-state index in [0.717, 1.165) is 4.47 Å². The van der Waals surface area contributed by atoms with E-state index < -0.39 is 11.8 Å². The first-order chi connectivity index (χ1) is 7.63. The van der Waals surface area contributed by atoms with Crippen molar-refractivity contribution in [1.82, 2.24) is 10.9 Å². The lowest BCUT2D eigenvalue weighted by Gasteiger charge is -2.05. The highest BCUT2D eigenvalue weighted by Gasteiger charge is 2.06. The van der Waals surface area contributed by atoms with E-state index in [1.807, 2.05) is 0 Å². The molecule has 0 aromatic heterocycles. The molecule has 0 unspecified atom stereocenters. The van der Waals surface area contributed by atoms with Crippen molar-refractivity contribution < 1.29 is 9.59 Å². The standard InChI is InChI=1S/C10H8BrN3O2/c11-8-3-1-7(2-4-8)10(16)14-13-9(15)5-6-12/h1-4H,5H2,(H,13,15)(H,14,16). The maximum atomic E-state index is 11.4. The second-order valence-electron chi connectivity index (χ2n) is 2.84. The normalized spacial score (nSPS) is 9.00. The van der Waals surface area contributed by atoms with Crippen LogP contribution in [-0.2, 0) is 4.79 Å². The Balaban J connectivity index is 2.50. The summed E-state index contributed by atoms with van der Waals surface area (Å²) in [7, 11) is 0. The molecule has 0 aliphatic carbocycles. The van der Waals surface area contributed by atoms with Gasteiger partial charge in [0, 0.05) is 10.0 Å². The minimum Gasteiger partial charge on any atom is -0.272 e. The first kappa shape index (κ1) is 12.2. The van der Waals surface area contributed by atoms with Crippen LogP contribution in [0.25, 0.3) is 0 Å². The Morgan fingerprint density at radius 1 is 1.25 bits per heavy atom. The summed E-state index contributed by atoms with van der Waals surface area (Å²) < 4.78 is 0.859. The third-order valence-electron chi connectivity index (χ3n) is 1.66. The number of nitriles is 1. The number of hydrogen-bond acceptors (Lipinski definition) is 3. The molecule has 0 saturated heterocycles. The highest BCUT2D eigenvalue weighted by atomic mass is 79.9. The van der Waals surface area contributed by atoms with Gasteiger partial charge in [-0.05, 0) is 24.3 Å². The van der Waals surface area contributed by atoms with Crippen molar-refractivity contribution in [2.24, 2.45) is 0 Å². The lowest BCUT2D eigenvalue weighted by atomic mass is 10.2. The Kier molecular flexibility index (Phi) is 4.48. The number of hydrazine groups is 1. The van der Waals surface area contributed by atoms with Crippen molar-refractivity contribution in [3.05, 3.63) is 34.3 Å². The third-order valence-corrected chi connectivity index (χ3v) is 2.19. The predicted molar refractivity (Wildman–Crippen MR) is 60.0 cm³/mol. The molecule has 2 N–H and O–H groups in total. The molecule has 0 aliphatic rings. The van der Waals surface area contributed by atoms with Crippen LogP contribution in [0.4, 0.5) is 0 Å². The van der Waals surface area contributed by atoms with E-state index in [1.54, 1.807) is 30.3 Å². The van der Waals surface area contributed by atoms with Crippen molar-refractivity contribution in [3.63, 3.8) is 0 Å². The van der Waals surface area contributed by atoms with Crippen molar-refractivity contribution in [3.8, 4) is 6.07 Å². The van der Waals surface area contributed by atoms with Crippen LogP contribution in [0, 0.1) is 11.3 Å². The van der Waals surface area contributed by atoms with Crippen LogP contribution in [0.3, 0.4) is 0 Å². The van der Waals surface area contributed by atoms with E-state index >= 15 is 0 Å². The van der Waals surface area contributed by atoms with E-state index in [0.29, 0.717) is 5.56 Å². The van der Waals surface area contributed by atoms with Gasteiger partial charge in [-0.25, -0.2) is 0 Å². The highest BCUT2D eigenvalue weighted by molar-refractivity contribution is 9.10. The second kappa shape index (κ2) is 5.88. The monoisotopic (exact) mass is 281 g/mol. The third kappa shape index (κ3) is 3.71. The molecule has 0 spiro atoms. The minimum atomic E-state index is -0.548. The van der Waals surface area contributed by atoms with Crippen LogP contribution in [0.1, 0.15) is 16.8 Å². The molecule has 1 rings (SSSR count). The van der Waals surface area contributed by atoms with Gasteiger partial charge in [0.1, 0.15) is 6.42 Å². The molecule has 82 valence electrons.